The Morgan fingerprint density at radius 3 is 2.94 bits per heavy atom. The van der Waals surface area contributed by atoms with Crippen molar-refractivity contribution in [1.29, 1.82) is 0 Å². The molecule has 94 valence electrons. The molecule has 1 fully saturated rings. The molecule has 0 aromatic carbocycles. The van der Waals surface area contributed by atoms with Crippen molar-refractivity contribution < 1.29 is 4.74 Å². The Morgan fingerprint density at radius 1 is 1.41 bits per heavy atom. The van der Waals surface area contributed by atoms with E-state index in [2.05, 4.69) is 29.1 Å². The second-order valence-electron chi connectivity index (χ2n) is 4.40. The summed E-state index contributed by atoms with van der Waals surface area (Å²) in [5.74, 6) is 2.26. The highest BCUT2D eigenvalue weighted by atomic mass is 16.5. The van der Waals surface area contributed by atoms with Crippen LogP contribution in [0, 0.1) is 0 Å². The quantitative estimate of drug-likeness (QED) is 0.870. The Balaban J connectivity index is 2.21. The summed E-state index contributed by atoms with van der Waals surface area (Å²) >= 11 is 0. The van der Waals surface area contributed by atoms with E-state index >= 15 is 0 Å². The van der Waals surface area contributed by atoms with Crippen molar-refractivity contribution in [2.24, 2.45) is 0 Å². The minimum atomic E-state index is 0.368. The van der Waals surface area contributed by atoms with Crippen molar-refractivity contribution in [3.63, 3.8) is 0 Å². The van der Waals surface area contributed by atoms with E-state index in [4.69, 9.17) is 4.74 Å². The van der Waals surface area contributed by atoms with Gasteiger partial charge in [-0.2, -0.15) is 0 Å². The first-order chi connectivity index (χ1) is 8.33. The van der Waals surface area contributed by atoms with Gasteiger partial charge in [-0.05, 0) is 26.2 Å². The lowest BCUT2D eigenvalue weighted by atomic mass is 10.0. The van der Waals surface area contributed by atoms with Gasteiger partial charge in [0.2, 0.25) is 0 Å². The van der Waals surface area contributed by atoms with Gasteiger partial charge in [0.15, 0.2) is 0 Å². The average molecular weight is 235 g/mol. The number of hydrogen-bond acceptors (Lipinski definition) is 4. The highest BCUT2D eigenvalue weighted by Gasteiger charge is 2.19. The molecule has 0 radical (unpaired) electrons. The summed E-state index contributed by atoms with van der Waals surface area (Å²) in [4.78, 5) is 9.22. The summed E-state index contributed by atoms with van der Waals surface area (Å²) in [6.45, 7) is 6.74. The molecule has 2 heterocycles. The summed E-state index contributed by atoms with van der Waals surface area (Å²) in [5, 5.41) is 3.27. The van der Waals surface area contributed by atoms with Crippen LogP contribution < -0.4 is 5.32 Å². The van der Waals surface area contributed by atoms with Crippen LogP contribution in [0.5, 0.6) is 0 Å². The Kier molecular flexibility index (Phi) is 4.31. The molecule has 0 bridgehead atoms. The number of rotatable bonds is 4. The highest BCUT2D eigenvalue weighted by molar-refractivity contribution is 5.36. The molecule has 2 rings (SSSR count). The van der Waals surface area contributed by atoms with E-state index < -0.39 is 0 Å². The van der Waals surface area contributed by atoms with Gasteiger partial charge in [-0.1, -0.05) is 6.92 Å². The van der Waals surface area contributed by atoms with Gasteiger partial charge >= 0.3 is 0 Å². The fourth-order valence-corrected chi connectivity index (χ4v) is 2.10. The Morgan fingerprint density at radius 2 is 2.29 bits per heavy atom. The second-order valence-corrected chi connectivity index (χ2v) is 4.40. The minimum Gasteiger partial charge on any atom is -0.381 e. The van der Waals surface area contributed by atoms with Gasteiger partial charge in [0.05, 0.1) is 6.61 Å². The molecule has 1 saturated heterocycles. The average Bonchev–Trinajstić information content (AvgIpc) is 2.40. The first-order valence-electron chi connectivity index (χ1n) is 6.53. The summed E-state index contributed by atoms with van der Waals surface area (Å²) < 4.78 is 5.51. The molecule has 0 spiro atoms. The fraction of sp³-hybridized carbons (Fsp3) is 0.692. The van der Waals surface area contributed by atoms with Gasteiger partial charge in [0.25, 0.3) is 0 Å². The molecule has 1 aliphatic rings. The van der Waals surface area contributed by atoms with Crippen LogP contribution >= 0.6 is 0 Å². The molecule has 1 atom stereocenters. The van der Waals surface area contributed by atoms with Crippen LogP contribution in [0.25, 0.3) is 0 Å². The lowest BCUT2D eigenvalue weighted by Crippen LogP contribution is -2.19. The Bertz CT molecular complexity index is 362. The van der Waals surface area contributed by atoms with Crippen molar-refractivity contribution in [3.05, 3.63) is 17.6 Å². The van der Waals surface area contributed by atoms with Crippen molar-refractivity contribution in [2.45, 2.75) is 39.0 Å². The molecule has 0 amide bonds. The van der Waals surface area contributed by atoms with Gasteiger partial charge in [0, 0.05) is 30.8 Å². The number of aromatic nitrogens is 2. The number of nitrogens with zero attached hydrogens (tertiary/aromatic N) is 2. The van der Waals surface area contributed by atoms with Gasteiger partial charge in [0.1, 0.15) is 11.6 Å². The van der Waals surface area contributed by atoms with Crippen molar-refractivity contribution >= 4 is 5.82 Å². The molecular weight excluding hydrogens is 214 g/mol. The maximum absolute atomic E-state index is 5.51. The molecule has 17 heavy (non-hydrogen) atoms. The van der Waals surface area contributed by atoms with Gasteiger partial charge < -0.3 is 10.1 Å². The van der Waals surface area contributed by atoms with Crippen LogP contribution in [0.15, 0.2) is 6.07 Å². The zero-order valence-corrected chi connectivity index (χ0v) is 10.7. The van der Waals surface area contributed by atoms with Gasteiger partial charge in [-0.25, -0.2) is 9.97 Å². The van der Waals surface area contributed by atoms with Crippen LogP contribution in [-0.4, -0.2) is 29.7 Å². The zero-order chi connectivity index (χ0) is 12.1. The van der Waals surface area contributed by atoms with Crippen molar-refractivity contribution in [2.75, 3.05) is 25.1 Å². The minimum absolute atomic E-state index is 0.368. The molecule has 4 nitrogen and oxygen atoms in total. The summed E-state index contributed by atoms with van der Waals surface area (Å²) in [7, 11) is 0. The van der Waals surface area contributed by atoms with Crippen LogP contribution in [0.1, 0.15) is 44.1 Å². The molecule has 1 aromatic heterocycles. The third kappa shape index (κ3) is 3.16. The topological polar surface area (TPSA) is 47.0 Å². The SMILES string of the molecule is CCNc1cc(CC)nc(C2CCCOC2)n1. The lowest BCUT2D eigenvalue weighted by molar-refractivity contribution is 0.0780. The van der Waals surface area contributed by atoms with E-state index in [1.807, 2.05) is 6.07 Å². The van der Waals surface area contributed by atoms with E-state index in [-0.39, 0.29) is 0 Å². The molecule has 1 aliphatic heterocycles. The Labute approximate surface area is 103 Å². The first-order valence-corrected chi connectivity index (χ1v) is 6.53. The fourth-order valence-electron chi connectivity index (χ4n) is 2.10. The number of aryl methyl sites for hydroxylation is 1. The van der Waals surface area contributed by atoms with E-state index in [1.54, 1.807) is 0 Å². The van der Waals surface area contributed by atoms with Gasteiger partial charge in [-0.3, -0.25) is 0 Å². The van der Waals surface area contributed by atoms with Crippen LogP contribution in [0.2, 0.25) is 0 Å². The van der Waals surface area contributed by atoms with E-state index in [0.717, 1.165) is 56.4 Å². The third-order valence-corrected chi connectivity index (χ3v) is 3.04. The number of anilines is 1. The third-order valence-electron chi connectivity index (χ3n) is 3.04. The summed E-state index contributed by atoms with van der Waals surface area (Å²) in [6, 6.07) is 2.04. The maximum Gasteiger partial charge on any atom is 0.136 e. The maximum atomic E-state index is 5.51. The molecular formula is C13H21N3O. The Hall–Kier alpha value is -1.16. The predicted octanol–water partition coefficient (Wildman–Crippen LogP) is 2.36. The normalized spacial score (nSPS) is 20.2. The summed E-state index contributed by atoms with van der Waals surface area (Å²) in [5.41, 5.74) is 1.11. The molecule has 0 saturated carbocycles. The largest absolute Gasteiger partial charge is 0.381 e. The standard InChI is InChI=1S/C13H21N3O/c1-3-11-8-12(14-4-2)16-13(15-11)10-6-5-7-17-9-10/h8,10H,3-7,9H2,1-2H3,(H,14,15,16). The number of nitrogens with one attached hydrogen (secondary N) is 1. The molecule has 1 N–H and O–H groups in total. The number of hydrogen-bond donors (Lipinski definition) is 1. The van der Waals surface area contributed by atoms with Crippen LogP contribution in [-0.2, 0) is 11.2 Å². The van der Waals surface area contributed by atoms with Crippen LogP contribution in [0.4, 0.5) is 5.82 Å². The van der Waals surface area contributed by atoms with E-state index in [1.165, 1.54) is 0 Å². The van der Waals surface area contributed by atoms with E-state index in [0.29, 0.717) is 5.92 Å². The number of ether oxygens (including phenoxy) is 1. The van der Waals surface area contributed by atoms with E-state index in [9.17, 15) is 0 Å². The first kappa shape index (κ1) is 12.3. The molecule has 4 heteroatoms. The van der Waals surface area contributed by atoms with Crippen LogP contribution in [0.3, 0.4) is 0 Å². The highest BCUT2D eigenvalue weighted by Crippen LogP contribution is 2.24. The van der Waals surface area contributed by atoms with Crippen molar-refractivity contribution in [3.8, 4) is 0 Å². The molecule has 0 aliphatic carbocycles. The zero-order valence-electron chi connectivity index (χ0n) is 10.7. The molecule has 1 aromatic rings. The molecule has 1 unspecified atom stereocenters. The smallest absolute Gasteiger partial charge is 0.136 e. The summed E-state index contributed by atoms with van der Waals surface area (Å²) in [6.07, 6.45) is 3.20. The monoisotopic (exact) mass is 235 g/mol. The second kappa shape index (κ2) is 5.96. The predicted molar refractivity (Wildman–Crippen MR) is 68.4 cm³/mol. The van der Waals surface area contributed by atoms with Gasteiger partial charge in [-0.15, -0.1) is 0 Å². The lowest BCUT2D eigenvalue weighted by Gasteiger charge is -2.21. The van der Waals surface area contributed by atoms with Crippen molar-refractivity contribution in [1.82, 2.24) is 9.97 Å².